The first-order valence-corrected chi connectivity index (χ1v) is 21.0. The molecule has 4 amide bonds. The first kappa shape index (κ1) is 40.7. The van der Waals surface area contributed by atoms with Gasteiger partial charge in [-0.25, -0.2) is 36.4 Å². The Hall–Kier alpha value is -3.04. The Morgan fingerprint density at radius 3 is 1.27 bits per heavy atom. The van der Waals surface area contributed by atoms with Gasteiger partial charge in [0.1, 0.15) is 21.6 Å². The van der Waals surface area contributed by atoms with Gasteiger partial charge in [-0.3, -0.25) is 9.68 Å². The zero-order chi connectivity index (χ0) is 37.0. The van der Waals surface area contributed by atoms with E-state index in [1.165, 1.54) is 36.8 Å². The van der Waals surface area contributed by atoms with Gasteiger partial charge < -0.3 is 9.47 Å². The highest BCUT2D eigenvalue weighted by Crippen LogP contribution is 2.34. The van der Waals surface area contributed by atoms with Crippen LogP contribution in [-0.2, 0) is 15.1 Å². The molecule has 4 rings (SSSR count). The van der Waals surface area contributed by atoms with Gasteiger partial charge in [0.15, 0.2) is 0 Å². The van der Waals surface area contributed by atoms with E-state index in [0.29, 0.717) is 23.0 Å². The number of hydrogen-bond donors (Lipinski definition) is 0. The molecule has 20 heteroatoms. The standard InChI is InChI=1S/C31H38N6O8S6/c1-31(2,21-7-11-23(12-8-21)42-27(38)34(3)50-36(5)29(40)44-32-25-19-46-15-17-48-25)22-9-13-24(14-10-22)43-28(39)35(4)51-37(6)30(41)45-33-26-20-47-16-18-49-26/h7-14H,15-20H2,1-6H3. The van der Waals surface area contributed by atoms with E-state index in [4.69, 9.17) is 19.1 Å². The topological polar surface area (TPSA) is 143 Å². The highest BCUT2D eigenvalue weighted by atomic mass is 32.2. The largest absolute Gasteiger partial charge is 0.447 e. The molecule has 2 aromatic rings. The van der Waals surface area contributed by atoms with Crippen LogP contribution in [0.1, 0.15) is 25.0 Å². The first-order valence-electron chi connectivity index (χ1n) is 15.3. The van der Waals surface area contributed by atoms with Crippen molar-refractivity contribution >= 4 is 106 Å². The molecule has 14 nitrogen and oxygen atoms in total. The lowest BCUT2D eigenvalue weighted by Gasteiger charge is -2.26. The van der Waals surface area contributed by atoms with E-state index in [1.807, 2.05) is 38.1 Å². The molecule has 0 saturated carbocycles. The second kappa shape index (κ2) is 19.7. The van der Waals surface area contributed by atoms with Gasteiger partial charge in [0, 0.05) is 68.1 Å². The first-order chi connectivity index (χ1) is 24.3. The average molecular weight is 815 g/mol. The molecule has 0 unspecified atom stereocenters. The molecular formula is C31H38N6O8S6. The molecule has 0 N–H and O–H groups in total. The summed E-state index contributed by atoms with van der Waals surface area (Å²) >= 11 is 8.20. The van der Waals surface area contributed by atoms with Gasteiger partial charge in [0.25, 0.3) is 0 Å². The number of benzene rings is 2. The SMILES string of the molecule is CN(SN(C)C(=O)Oc1ccc(C(C)(C)c2ccc(OC(=O)N(C)SN(C)C(=O)ON=C3CSCCS3)cc2)cc1)C(=O)ON=C1CSCCS1. The van der Waals surface area contributed by atoms with Crippen LogP contribution in [0.25, 0.3) is 0 Å². The zero-order valence-corrected chi connectivity index (χ0v) is 33.7. The van der Waals surface area contributed by atoms with Crippen LogP contribution < -0.4 is 9.47 Å². The minimum Gasteiger partial charge on any atom is -0.410 e. The predicted molar refractivity (Wildman–Crippen MR) is 211 cm³/mol. The van der Waals surface area contributed by atoms with Crippen molar-refractivity contribution in [1.82, 2.24) is 17.2 Å². The maximum Gasteiger partial charge on any atom is 0.447 e. The molecule has 2 aliphatic rings. The summed E-state index contributed by atoms with van der Waals surface area (Å²) in [7, 11) is 5.90. The molecule has 0 spiro atoms. The number of rotatable bonds is 10. The molecule has 0 atom stereocenters. The molecule has 0 radical (unpaired) electrons. The fourth-order valence-corrected chi connectivity index (χ4v) is 9.43. The molecule has 0 aliphatic carbocycles. The molecule has 2 saturated heterocycles. The number of hydrogen-bond acceptors (Lipinski definition) is 16. The quantitative estimate of drug-likeness (QED) is 0.131. The number of nitrogens with zero attached hydrogens (tertiary/aromatic N) is 6. The Morgan fingerprint density at radius 1 is 0.588 bits per heavy atom. The van der Waals surface area contributed by atoms with Gasteiger partial charge in [-0.05, 0) is 35.4 Å². The number of ether oxygens (including phenoxy) is 2. The second-order valence-electron chi connectivity index (χ2n) is 11.0. The van der Waals surface area contributed by atoms with E-state index in [-0.39, 0.29) is 0 Å². The van der Waals surface area contributed by atoms with Crippen molar-refractivity contribution in [2.75, 3.05) is 62.7 Å². The minimum absolute atomic E-state index is 0.328. The van der Waals surface area contributed by atoms with Crippen molar-refractivity contribution in [1.29, 1.82) is 0 Å². The van der Waals surface area contributed by atoms with Crippen molar-refractivity contribution in [3.8, 4) is 11.5 Å². The summed E-state index contributed by atoms with van der Waals surface area (Å²) in [6, 6.07) is 14.2. The van der Waals surface area contributed by atoms with E-state index < -0.39 is 29.8 Å². The zero-order valence-electron chi connectivity index (χ0n) is 28.8. The summed E-state index contributed by atoms with van der Waals surface area (Å²) in [4.78, 5) is 60.0. The van der Waals surface area contributed by atoms with Gasteiger partial charge in [-0.2, -0.15) is 23.5 Å². The maximum atomic E-state index is 12.7. The van der Waals surface area contributed by atoms with Gasteiger partial charge in [0.2, 0.25) is 0 Å². The number of thioether (sulfide) groups is 4. The van der Waals surface area contributed by atoms with Gasteiger partial charge in [-0.1, -0.05) is 48.4 Å². The fraction of sp³-hybridized carbons (Fsp3) is 0.419. The monoisotopic (exact) mass is 814 g/mol. The van der Waals surface area contributed by atoms with Crippen molar-refractivity contribution in [3.63, 3.8) is 0 Å². The number of carbonyl (C=O) groups excluding carboxylic acids is 4. The lowest BCUT2D eigenvalue weighted by molar-refractivity contribution is 0.135. The molecular weight excluding hydrogens is 777 g/mol. The third-order valence-electron chi connectivity index (χ3n) is 6.98. The van der Waals surface area contributed by atoms with Crippen LogP contribution in [-0.4, -0.2) is 114 Å². The Bertz CT molecular complexity index is 1470. The van der Waals surface area contributed by atoms with Gasteiger partial charge >= 0.3 is 24.4 Å². The Morgan fingerprint density at radius 2 is 0.941 bits per heavy atom. The molecule has 2 aromatic carbocycles. The van der Waals surface area contributed by atoms with Crippen LogP contribution in [0.3, 0.4) is 0 Å². The Balaban J connectivity index is 1.24. The summed E-state index contributed by atoms with van der Waals surface area (Å²) in [6.07, 6.45) is -2.79. The predicted octanol–water partition coefficient (Wildman–Crippen LogP) is 7.72. The Kier molecular flexibility index (Phi) is 15.7. The van der Waals surface area contributed by atoms with E-state index >= 15 is 0 Å². The van der Waals surface area contributed by atoms with Crippen LogP contribution >= 0.6 is 71.3 Å². The minimum atomic E-state index is -0.714. The number of amides is 4. The summed E-state index contributed by atoms with van der Waals surface area (Å²) in [6.45, 7) is 4.09. The Labute approximate surface area is 323 Å². The third kappa shape index (κ3) is 12.6. The van der Waals surface area contributed by atoms with Crippen molar-refractivity contribution < 1.29 is 38.3 Å². The van der Waals surface area contributed by atoms with Crippen LogP contribution in [0.5, 0.6) is 11.5 Å². The van der Waals surface area contributed by atoms with Crippen molar-refractivity contribution in [2.45, 2.75) is 19.3 Å². The number of carbonyl (C=O) groups is 4. The van der Waals surface area contributed by atoms with Crippen molar-refractivity contribution in [3.05, 3.63) is 59.7 Å². The smallest absolute Gasteiger partial charge is 0.410 e. The molecule has 51 heavy (non-hydrogen) atoms. The molecule has 276 valence electrons. The lowest BCUT2D eigenvalue weighted by Crippen LogP contribution is -2.30. The summed E-state index contributed by atoms with van der Waals surface area (Å²) in [5.74, 6) is 5.97. The molecule has 2 aliphatic heterocycles. The maximum absolute atomic E-state index is 12.7. The molecule has 0 bridgehead atoms. The van der Waals surface area contributed by atoms with Crippen LogP contribution in [0.2, 0.25) is 0 Å². The van der Waals surface area contributed by atoms with Crippen molar-refractivity contribution in [2.24, 2.45) is 10.3 Å². The van der Waals surface area contributed by atoms with Crippen LogP contribution in [0, 0.1) is 0 Å². The highest BCUT2D eigenvalue weighted by molar-refractivity contribution is 8.18. The summed E-state index contributed by atoms with van der Waals surface area (Å²) in [5.41, 5.74) is 1.45. The molecule has 2 fully saturated rings. The van der Waals surface area contributed by atoms with E-state index in [0.717, 1.165) is 77.1 Å². The third-order valence-corrected chi connectivity index (χ3v) is 13.3. The van der Waals surface area contributed by atoms with E-state index in [1.54, 1.807) is 71.3 Å². The summed E-state index contributed by atoms with van der Waals surface area (Å²) < 4.78 is 15.6. The molecule has 0 aromatic heterocycles. The van der Waals surface area contributed by atoms with E-state index in [9.17, 15) is 19.2 Å². The number of oxime groups is 2. The normalized spacial score (nSPS) is 16.2. The highest BCUT2D eigenvalue weighted by Gasteiger charge is 2.25. The van der Waals surface area contributed by atoms with Crippen LogP contribution in [0.4, 0.5) is 19.2 Å². The second-order valence-corrected chi connectivity index (χ2v) is 18.1. The summed E-state index contributed by atoms with van der Waals surface area (Å²) in [5, 5.41) is 9.31. The van der Waals surface area contributed by atoms with Gasteiger partial charge in [0.05, 0.1) is 24.3 Å². The fourth-order valence-electron chi connectivity index (χ4n) is 4.12. The molecule has 2 heterocycles. The van der Waals surface area contributed by atoms with Gasteiger partial charge in [-0.15, -0.1) is 23.5 Å². The average Bonchev–Trinajstić information content (AvgIpc) is 3.13. The van der Waals surface area contributed by atoms with Crippen LogP contribution in [0.15, 0.2) is 58.8 Å². The lowest BCUT2D eigenvalue weighted by atomic mass is 9.78. The van der Waals surface area contributed by atoms with E-state index in [2.05, 4.69) is 10.3 Å².